The number of halogens is 1. The molecule has 1 aromatic carbocycles. The van der Waals surface area contributed by atoms with Crippen molar-refractivity contribution in [3.63, 3.8) is 0 Å². The molecule has 0 radical (unpaired) electrons. The lowest BCUT2D eigenvalue weighted by Crippen LogP contribution is -2.59. The zero-order valence-corrected chi connectivity index (χ0v) is 17.7. The summed E-state index contributed by atoms with van der Waals surface area (Å²) in [4.78, 5) is 14.7. The topological polar surface area (TPSA) is 49.8 Å². The number of carbonyl (C=O) groups is 1. The molecule has 1 aromatic rings. The summed E-state index contributed by atoms with van der Waals surface area (Å²) in [6.07, 6.45) is 8.28. The number of benzene rings is 1. The number of rotatable bonds is 6. The lowest BCUT2D eigenvalue weighted by Gasteiger charge is -2.56. The third-order valence-corrected chi connectivity index (χ3v) is 6.46. The summed E-state index contributed by atoms with van der Waals surface area (Å²) < 4.78 is 6.32. The molecule has 0 bridgehead atoms. The van der Waals surface area contributed by atoms with Crippen molar-refractivity contribution in [3.8, 4) is 5.75 Å². The maximum Gasteiger partial charge on any atom is 0.306 e. The van der Waals surface area contributed by atoms with Gasteiger partial charge in [0.25, 0.3) is 0 Å². The number of nitrogens with zero attached hydrogens (tertiary/aromatic N) is 1. The number of aromatic hydroxyl groups is 1. The van der Waals surface area contributed by atoms with E-state index in [4.69, 9.17) is 4.74 Å². The van der Waals surface area contributed by atoms with Gasteiger partial charge in [-0.1, -0.05) is 19.4 Å². The monoisotopic (exact) mass is 395 g/mol. The molecule has 2 aliphatic carbocycles. The number of aryl methyl sites for hydroxylation is 1. The Morgan fingerprint density at radius 2 is 1.96 bits per heavy atom. The summed E-state index contributed by atoms with van der Waals surface area (Å²) in [5.41, 5.74) is 1.92. The molecule has 1 fully saturated rings. The van der Waals surface area contributed by atoms with Gasteiger partial charge in [-0.15, -0.1) is 12.4 Å². The molecule has 1 saturated carbocycles. The van der Waals surface area contributed by atoms with Crippen LogP contribution in [-0.4, -0.2) is 42.2 Å². The van der Waals surface area contributed by atoms with Crippen LogP contribution in [0.4, 0.5) is 0 Å². The first-order valence-corrected chi connectivity index (χ1v) is 10.1. The van der Waals surface area contributed by atoms with Gasteiger partial charge in [0.05, 0.1) is 0 Å². The zero-order chi connectivity index (χ0) is 18.8. The van der Waals surface area contributed by atoms with Gasteiger partial charge in [-0.05, 0) is 88.8 Å². The minimum absolute atomic E-state index is 0. The van der Waals surface area contributed by atoms with E-state index in [1.54, 1.807) is 6.07 Å². The molecule has 2 atom stereocenters. The number of esters is 1. The van der Waals surface area contributed by atoms with Crippen molar-refractivity contribution in [1.29, 1.82) is 0 Å². The number of hydrogen-bond donors (Lipinski definition) is 1. The molecule has 0 amide bonds. The van der Waals surface area contributed by atoms with Crippen molar-refractivity contribution in [2.45, 2.75) is 75.7 Å². The minimum atomic E-state index is -0.422. The average molecular weight is 396 g/mol. The Bertz CT molecular complexity index is 663. The van der Waals surface area contributed by atoms with Crippen molar-refractivity contribution in [2.24, 2.45) is 0 Å². The number of hydrogen-bond acceptors (Lipinski definition) is 4. The highest BCUT2D eigenvalue weighted by Crippen LogP contribution is 2.57. The van der Waals surface area contributed by atoms with Crippen LogP contribution in [0, 0.1) is 0 Å². The fourth-order valence-corrected chi connectivity index (χ4v) is 5.19. The van der Waals surface area contributed by atoms with Crippen LogP contribution in [0.3, 0.4) is 0 Å². The Morgan fingerprint density at radius 1 is 1.22 bits per heavy atom. The molecule has 0 aliphatic heterocycles. The van der Waals surface area contributed by atoms with E-state index in [-0.39, 0.29) is 23.8 Å². The van der Waals surface area contributed by atoms with E-state index in [1.807, 2.05) is 13.0 Å². The Balaban J connectivity index is 0.00000261. The fraction of sp³-hybridized carbons (Fsp3) is 0.682. The lowest BCUT2D eigenvalue weighted by atomic mass is 9.53. The molecule has 0 saturated heterocycles. The third kappa shape index (κ3) is 4.12. The second-order valence-electron chi connectivity index (χ2n) is 8.40. The van der Waals surface area contributed by atoms with Crippen LogP contribution in [-0.2, 0) is 21.4 Å². The first-order chi connectivity index (χ1) is 12.4. The fourth-order valence-electron chi connectivity index (χ4n) is 5.19. The number of phenols is 1. The van der Waals surface area contributed by atoms with Gasteiger partial charge in [-0.25, -0.2) is 0 Å². The van der Waals surface area contributed by atoms with E-state index in [2.05, 4.69) is 25.1 Å². The molecular weight excluding hydrogens is 362 g/mol. The summed E-state index contributed by atoms with van der Waals surface area (Å²) in [5.74, 6) is 0.251. The predicted octanol–water partition coefficient (Wildman–Crippen LogP) is 4.61. The maximum atomic E-state index is 12.5. The molecule has 0 spiro atoms. The smallest absolute Gasteiger partial charge is 0.306 e. The molecule has 4 nitrogen and oxygen atoms in total. The Kier molecular flexibility index (Phi) is 7.20. The number of fused-ring (bicyclic) bond motifs is 3. The van der Waals surface area contributed by atoms with Gasteiger partial charge < -0.3 is 14.7 Å². The molecule has 152 valence electrons. The van der Waals surface area contributed by atoms with Crippen molar-refractivity contribution in [3.05, 3.63) is 29.3 Å². The largest absolute Gasteiger partial charge is 0.508 e. The standard InChI is InChI=1S/C22H33NO3.ClH/c1-4-7-20(25)26-22-12-6-5-11-21(22,14-15-23(2)3)19-16-18(24)9-8-17(19)10-13-22;/h8-9,16,24H,4-7,10-15H2,1-3H3;1H/t21-,22+;/m0./s1. The van der Waals surface area contributed by atoms with Crippen molar-refractivity contribution < 1.29 is 14.6 Å². The molecule has 0 unspecified atom stereocenters. The maximum absolute atomic E-state index is 12.5. The average Bonchev–Trinajstić information content (AvgIpc) is 2.60. The highest BCUT2D eigenvalue weighted by Gasteiger charge is 2.58. The van der Waals surface area contributed by atoms with E-state index < -0.39 is 5.60 Å². The van der Waals surface area contributed by atoms with Gasteiger partial charge in [0.15, 0.2) is 0 Å². The predicted molar refractivity (Wildman–Crippen MR) is 111 cm³/mol. The van der Waals surface area contributed by atoms with Crippen LogP contribution in [0.25, 0.3) is 0 Å². The molecule has 2 aliphatic rings. The molecule has 0 aromatic heterocycles. The summed E-state index contributed by atoms with van der Waals surface area (Å²) in [6.45, 7) is 2.97. The van der Waals surface area contributed by atoms with Crippen LogP contribution in [0.15, 0.2) is 18.2 Å². The summed E-state index contributed by atoms with van der Waals surface area (Å²) in [6, 6.07) is 5.80. The zero-order valence-electron chi connectivity index (χ0n) is 16.9. The molecule has 0 heterocycles. The first kappa shape index (κ1) is 22.0. The molecule has 5 heteroatoms. The van der Waals surface area contributed by atoms with E-state index >= 15 is 0 Å². The third-order valence-electron chi connectivity index (χ3n) is 6.46. The van der Waals surface area contributed by atoms with Gasteiger partial charge in [0, 0.05) is 11.8 Å². The second-order valence-corrected chi connectivity index (χ2v) is 8.40. The Hall–Kier alpha value is -1.26. The van der Waals surface area contributed by atoms with Crippen molar-refractivity contribution in [2.75, 3.05) is 20.6 Å². The van der Waals surface area contributed by atoms with Gasteiger partial charge in [-0.3, -0.25) is 4.79 Å². The first-order valence-electron chi connectivity index (χ1n) is 10.1. The number of ether oxygens (including phenoxy) is 1. The van der Waals surface area contributed by atoms with Crippen LogP contribution in [0.5, 0.6) is 5.75 Å². The van der Waals surface area contributed by atoms with Gasteiger partial charge >= 0.3 is 5.97 Å². The van der Waals surface area contributed by atoms with E-state index in [9.17, 15) is 9.90 Å². The van der Waals surface area contributed by atoms with Crippen LogP contribution < -0.4 is 0 Å². The summed E-state index contributed by atoms with van der Waals surface area (Å²) in [7, 11) is 4.19. The Labute approximate surface area is 169 Å². The van der Waals surface area contributed by atoms with Crippen molar-refractivity contribution in [1.82, 2.24) is 4.90 Å². The molecular formula is C22H34ClNO3. The number of carbonyl (C=O) groups excluding carboxylic acids is 1. The van der Waals surface area contributed by atoms with Crippen LogP contribution in [0.1, 0.15) is 69.4 Å². The van der Waals surface area contributed by atoms with Crippen molar-refractivity contribution >= 4 is 18.4 Å². The van der Waals surface area contributed by atoms with Gasteiger partial charge in [0.1, 0.15) is 11.4 Å². The highest BCUT2D eigenvalue weighted by molar-refractivity contribution is 5.85. The van der Waals surface area contributed by atoms with Gasteiger partial charge in [-0.2, -0.15) is 0 Å². The highest BCUT2D eigenvalue weighted by atomic mass is 35.5. The molecule has 1 N–H and O–H groups in total. The van der Waals surface area contributed by atoms with E-state index in [1.165, 1.54) is 11.1 Å². The SMILES string of the molecule is CCCC(=O)O[C@@]12CCCC[C@]1(CCN(C)C)c1cc(O)ccc1CC2.Cl. The minimum Gasteiger partial charge on any atom is -0.508 e. The number of phenolic OH excluding ortho intramolecular Hbond substituents is 1. The quantitative estimate of drug-likeness (QED) is 0.715. The summed E-state index contributed by atoms with van der Waals surface area (Å²) >= 11 is 0. The van der Waals surface area contributed by atoms with Gasteiger partial charge in [0.2, 0.25) is 0 Å². The molecule has 27 heavy (non-hydrogen) atoms. The lowest BCUT2D eigenvalue weighted by molar-refractivity contribution is -0.179. The van der Waals surface area contributed by atoms with Crippen LogP contribution >= 0.6 is 12.4 Å². The van der Waals surface area contributed by atoms with Crippen LogP contribution in [0.2, 0.25) is 0 Å². The second kappa shape index (κ2) is 8.83. The van der Waals surface area contributed by atoms with E-state index in [0.717, 1.165) is 57.9 Å². The van der Waals surface area contributed by atoms with E-state index in [0.29, 0.717) is 12.2 Å². The molecule has 3 rings (SSSR count). The summed E-state index contributed by atoms with van der Waals surface area (Å²) in [5, 5.41) is 10.2. The normalized spacial score (nSPS) is 26.7. The Morgan fingerprint density at radius 3 is 2.67 bits per heavy atom.